The van der Waals surface area contributed by atoms with E-state index in [0.717, 1.165) is 48.3 Å². The molecule has 0 aromatic rings. The lowest BCUT2D eigenvalue weighted by Gasteiger charge is -2.58. The van der Waals surface area contributed by atoms with Crippen molar-refractivity contribution in [3.8, 4) is 0 Å². The van der Waals surface area contributed by atoms with Crippen LogP contribution in [-0.4, -0.2) is 16.0 Å². The lowest BCUT2D eigenvalue weighted by Crippen LogP contribution is -2.51. The van der Waals surface area contributed by atoms with Gasteiger partial charge in [0.05, 0.1) is 6.42 Å². The standard InChI is InChI=1S/C31H51IO2/c1-20(2)8-7-9-21(3)26-12-13-27-25-11-10-23-19-24(34-29(33)18-22(4)32)14-16-30(23,5)28(25)15-17-31(26,27)6/h10,20-22,24-28H,7-9,11-19H2,1-6H3/t21-,22-,24-,25+,26-,27+,28+,30-,31+/m0/s1. The van der Waals surface area contributed by atoms with E-state index in [1.54, 1.807) is 5.57 Å². The number of rotatable bonds is 8. The molecule has 0 bridgehead atoms. The molecule has 0 saturated heterocycles. The maximum Gasteiger partial charge on any atom is 0.307 e. The highest BCUT2D eigenvalue weighted by atomic mass is 127. The molecule has 3 saturated carbocycles. The molecule has 0 aromatic heterocycles. The van der Waals surface area contributed by atoms with E-state index < -0.39 is 0 Å². The summed E-state index contributed by atoms with van der Waals surface area (Å²) in [5, 5.41) is 0. The van der Waals surface area contributed by atoms with Crippen LogP contribution < -0.4 is 0 Å². The fraction of sp³-hybridized carbons (Fsp3) is 0.903. The zero-order chi connectivity index (χ0) is 24.7. The number of ether oxygens (including phenoxy) is 1. The van der Waals surface area contributed by atoms with Crippen LogP contribution in [0.25, 0.3) is 0 Å². The number of carbonyl (C=O) groups excluding carboxylic acids is 1. The summed E-state index contributed by atoms with van der Waals surface area (Å²) in [5.41, 5.74) is 2.52. The molecule has 4 aliphatic carbocycles. The van der Waals surface area contributed by atoms with Crippen molar-refractivity contribution >= 4 is 28.6 Å². The molecule has 4 aliphatic rings. The molecule has 4 rings (SSSR count). The first-order valence-corrected chi connectivity index (χ1v) is 15.8. The van der Waals surface area contributed by atoms with E-state index in [9.17, 15) is 4.79 Å². The van der Waals surface area contributed by atoms with Gasteiger partial charge in [0, 0.05) is 10.3 Å². The Morgan fingerprint density at radius 3 is 2.53 bits per heavy atom. The van der Waals surface area contributed by atoms with Crippen LogP contribution in [0.4, 0.5) is 0 Å². The summed E-state index contributed by atoms with van der Waals surface area (Å²) < 4.78 is 6.27. The number of allylic oxidation sites excluding steroid dienone is 1. The first kappa shape index (κ1) is 27.0. The van der Waals surface area contributed by atoms with E-state index in [1.165, 1.54) is 57.8 Å². The Morgan fingerprint density at radius 1 is 1.06 bits per heavy atom. The second kappa shape index (κ2) is 10.7. The Labute approximate surface area is 224 Å². The van der Waals surface area contributed by atoms with Crippen molar-refractivity contribution in [2.45, 2.75) is 129 Å². The van der Waals surface area contributed by atoms with Crippen LogP contribution in [0.3, 0.4) is 0 Å². The molecule has 0 aromatic carbocycles. The minimum atomic E-state index is -0.00210. The number of halogens is 1. The fourth-order valence-corrected chi connectivity index (χ4v) is 9.58. The average Bonchev–Trinajstić information content (AvgIpc) is 3.10. The van der Waals surface area contributed by atoms with Crippen molar-refractivity contribution in [2.75, 3.05) is 0 Å². The normalized spacial score (nSPS) is 41.2. The van der Waals surface area contributed by atoms with Crippen LogP contribution in [0.5, 0.6) is 0 Å². The molecule has 0 amide bonds. The van der Waals surface area contributed by atoms with E-state index in [1.807, 2.05) is 0 Å². The van der Waals surface area contributed by atoms with E-state index >= 15 is 0 Å². The second-order valence-electron chi connectivity index (χ2n) is 13.6. The molecular formula is C31H51IO2. The van der Waals surface area contributed by atoms with Crippen LogP contribution >= 0.6 is 22.6 Å². The molecule has 0 unspecified atom stereocenters. The van der Waals surface area contributed by atoms with Crippen LogP contribution in [0.2, 0.25) is 0 Å². The molecule has 0 radical (unpaired) electrons. The maximum absolute atomic E-state index is 12.3. The summed E-state index contributed by atoms with van der Waals surface area (Å²) in [6.07, 6.45) is 17.8. The van der Waals surface area contributed by atoms with Crippen molar-refractivity contribution in [2.24, 2.45) is 46.3 Å². The third-order valence-corrected chi connectivity index (χ3v) is 11.4. The molecule has 0 heterocycles. The summed E-state index contributed by atoms with van der Waals surface area (Å²) in [5.74, 6) is 5.28. The van der Waals surface area contributed by atoms with Crippen LogP contribution in [0.1, 0.15) is 119 Å². The van der Waals surface area contributed by atoms with Gasteiger partial charge in [0.2, 0.25) is 0 Å². The largest absolute Gasteiger partial charge is 0.462 e. The number of carbonyl (C=O) groups is 1. The molecule has 194 valence electrons. The van der Waals surface area contributed by atoms with Gasteiger partial charge in [-0.25, -0.2) is 0 Å². The highest BCUT2D eigenvalue weighted by molar-refractivity contribution is 14.1. The predicted octanol–water partition coefficient (Wildman–Crippen LogP) is 9.15. The molecule has 3 fully saturated rings. The summed E-state index contributed by atoms with van der Waals surface area (Å²) in [4.78, 5) is 12.3. The van der Waals surface area contributed by atoms with Crippen molar-refractivity contribution < 1.29 is 9.53 Å². The monoisotopic (exact) mass is 582 g/mol. The minimum absolute atomic E-state index is 0.00210. The van der Waals surface area contributed by atoms with Crippen LogP contribution in [0.15, 0.2) is 11.6 Å². The van der Waals surface area contributed by atoms with E-state index in [-0.39, 0.29) is 12.1 Å². The highest BCUT2D eigenvalue weighted by Crippen LogP contribution is 2.67. The van der Waals surface area contributed by atoms with Gasteiger partial charge in [0.25, 0.3) is 0 Å². The van der Waals surface area contributed by atoms with Crippen molar-refractivity contribution in [1.82, 2.24) is 0 Å². The second-order valence-corrected chi connectivity index (χ2v) is 15.8. The van der Waals surface area contributed by atoms with Gasteiger partial charge >= 0.3 is 5.97 Å². The molecule has 3 heteroatoms. The summed E-state index contributed by atoms with van der Waals surface area (Å²) in [6.45, 7) is 14.7. The van der Waals surface area contributed by atoms with Crippen molar-refractivity contribution in [3.63, 3.8) is 0 Å². The number of alkyl halides is 1. The first-order valence-electron chi connectivity index (χ1n) is 14.6. The third kappa shape index (κ3) is 5.30. The average molecular weight is 583 g/mol. The van der Waals surface area contributed by atoms with Crippen LogP contribution in [-0.2, 0) is 9.53 Å². The Bertz CT molecular complexity index is 757. The van der Waals surface area contributed by atoms with E-state index in [0.29, 0.717) is 21.2 Å². The molecule has 2 nitrogen and oxygen atoms in total. The third-order valence-electron chi connectivity index (χ3n) is 11.0. The smallest absolute Gasteiger partial charge is 0.307 e. The summed E-state index contributed by atoms with van der Waals surface area (Å²) >= 11 is 2.32. The zero-order valence-electron chi connectivity index (χ0n) is 22.9. The minimum Gasteiger partial charge on any atom is -0.462 e. The van der Waals surface area contributed by atoms with Gasteiger partial charge in [-0.15, -0.1) is 0 Å². The van der Waals surface area contributed by atoms with Gasteiger partial charge in [0.1, 0.15) is 6.10 Å². The van der Waals surface area contributed by atoms with Gasteiger partial charge < -0.3 is 4.74 Å². The zero-order valence-corrected chi connectivity index (χ0v) is 25.0. The topological polar surface area (TPSA) is 26.3 Å². The lowest BCUT2D eigenvalue weighted by molar-refractivity contribution is -0.151. The van der Waals surface area contributed by atoms with E-state index in [4.69, 9.17) is 4.74 Å². The molecule has 0 spiro atoms. The number of hydrogen-bond acceptors (Lipinski definition) is 2. The fourth-order valence-electron chi connectivity index (χ4n) is 9.22. The summed E-state index contributed by atoms with van der Waals surface area (Å²) in [6, 6.07) is 0. The van der Waals surface area contributed by atoms with Crippen molar-refractivity contribution in [3.05, 3.63) is 11.6 Å². The van der Waals surface area contributed by atoms with Gasteiger partial charge in [0.15, 0.2) is 0 Å². The Balaban J connectivity index is 1.42. The summed E-state index contributed by atoms with van der Waals surface area (Å²) in [7, 11) is 0. The molecule has 0 N–H and O–H groups in total. The lowest BCUT2D eigenvalue weighted by atomic mass is 9.47. The molecular weight excluding hydrogens is 531 g/mol. The Morgan fingerprint density at radius 2 is 1.82 bits per heavy atom. The van der Waals surface area contributed by atoms with Gasteiger partial charge in [-0.05, 0) is 91.3 Å². The molecule has 9 atom stereocenters. The van der Waals surface area contributed by atoms with Crippen molar-refractivity contribution in [1.29, 1.82) is 0 Å². The quantitative estimate of drug-likeness (QED) is 0.123. The Kier molecular flexibility index (Phi) is 8.52. The Hall–Kier alpha value is -0.0600. The van der Waals surface area contributed by atoms with E-state index in [2.05, 4.69) is 70.2 Å². The number of fused-ring (bicyclic) bond motifs is 5. The molecule has 34 heavy (non-hydrogen) atoms. The SMILES string of the molecule is CC(C)CCC[C@H](C)[C@@H]1CC[C@@H]2[C@H]3CC=C4C[C@@H](OC(=O)C[C@H](C)I)CC[C@]4(C)[C@@H]3CC[C@@]21C. The molecule has 0 aliphatic heterocycles. The highest BCUT2D eigenvalue weighted by Gasteiger charge is 2.59. The first-order chi connectivity index (χ1) is 16.0. The number of hydrogen-bond donors (Lipinski definition) is 0. The van der Waals surface area contributed by atoms with Gasteiger partial charge in [-0.3, -0.25) is 4.79 Å². The predicted molar refractivity (Wildman–Crippen MR) is 151 cm³/mol. The van der Waals surface area contributed by atoms with Gasteiger partial charge in [-0.2, -0.15) is 0 Å². The maximum atomic E-state index is 12.3. The van der Waals surface area contributed by atoms with Crippen LogP contribution in [0, 0.1) is 46.3 Å². The van der Waals surface area contributed by atoms with Gasteiger partial charge in [-0.1, -0.05) is 95.0 Å². The number of esters is 1.